The molecule has 0 unspecified atom stereocenters. The molecule has 0 atom stereocenters. The van der Waals surface area contributed by atoms with Crippen molar-refractivity contribution in [1.29, 1.82) is 0 Å². The lowest BCUT2D eigenvalue weighted by Crippen LogP contribution is -1.83. The smallest absolute Gasteiger partial charge is 0.0231 e. The normalized spacial score (nSPS) is 7.50. The highest BCUT2D eigenvalue weighted by Gasteiger charge is 1.91. The van der Waals surface area contributed by atoms with Crippen molar-refractivity contribution in [3.8, 4) is 0 Å². The van der Waals surface area contributed by atoms with Gasteiger partial charge in [0.15, 0.2) is 0 Å². The zero-order chi connectivity index (χ0) is 11.4. The molecule has 0 N–H and O–H groups in total. The summed E-state index contributed by atoms with van der Waals surface area (Å²) >= 11 is 0. The van der Waals surface area contributed by atoms with Crippen LogP contribution in [-0.2, 0) is 6.42 Å². The van der Waals surface area contributed by atoms with E-state index in [0.717, 1.165) is 6.42 Å². The van der Waals surface area contributed by atoms with Crippen molar-refractivity contribution in [2.45, 2.75) is 41.0 Å². The Kier molecular flexibility index (Phi) is 13.2. The van der Waals surface area contributed by atoms with Gasteiger partial charge in [-0.05, 0) is 17.5 Å². The molecule has 1 rings (SSSR count). The van der Waals surface area contributed by atoms with E-state index in [1.807, 2.05) is 39.8 Å². The Morgan fingerprint density at radius 1 is 1.07 bits per heavy atom. The van der Waals surface area contributed by atoms with Gasteiger partial charge in [0.25, 0.3) is 0 Å². The van der Waals surface area contributed by atoms with E-state index in [1.54, 1.807) is 0 Å². The summed E-state index contributed by atoms with van der Waals surface area (Å²) < 4.78 is 0. The predicted molar refractivity (Wildman–Crippen MR) is 68.6 cm³/mol. The van der Waals surface area contributed by atoms with Crippen LogP contribution < -0.4 is 0 Å². The van der Waals surface area contributed by atoms with E-state index >= 15 is 0 Å². The van der Waals surface area contributed by atoms with Gasteiger partial charge in [0.1, 0.15) is 0 Å². The van der Waals surface area contributed by atoms with Crippen molar-refractivity contribution in [3.05, 3.63) is 42.0 Å². The molecule has 0 amide bonds. The summed E-state index contributed by atoms with van der Waals surface area (Å²) in [5.41, 5.74) is 2.63. The van der Waals surface area contributed by atoms with Crippen LogP contribution in [0.1, 0.15) is 45.7 Å². The van der Waals surface area contributed by atoms with Crippen molar-refractivity contribution < 1.29 is 0 Å². The fraction of sp³-hybridized carbons (Fsp3) is 0.429. The summed E-state index contributed by atoms with van der Waals surface area (Å²) in [6, 6.07) is 8.32. The van der Waals surface area contributed by atoms with Crippen LogP contribution in [0, 0.1) is 0 Å². The molecule has 0 aliphatic heterocycles. The second-order valence-corrected chi connectivity index (χ2v) is 2.26. The quantitative estimate of drug-likeness (QED) is 0.622. The highest BCUT2D eigenvalue weighted by Crippen LogP contribution is 2.09. The van der Waals surface area contributed by atoms with Gasteiger partial charge in [-0.25, -0.2) is 0 Å². The Morgan fingerprint density at radius 2 is 1.57 bits per heavy atom. The molecule has 0 nitrogen and oxygen atoms in total. The molecule has 0 bridgehead atoms. The summed E-state index contributed by atoms with van der Waals surface area (Å²) in [4.78, 5) is 0. The van der Waals surface area contributed by atoms with E-state index in [4.69, 9.17) is 0 Å². The van der Waals surface area contributed by atoms with E-state index < -0.39 is 0 Å². The van der Waals surface area contributed by atoms with Crippen molar-refractivity contribution in [2.24, 2.45) is 0 Å². The van der Waals surface area contributed by atoms with E-state index in [-0.39, 0.29) is 0 Å². The first-order valence-corrected chi connectivity index (χ1v) is 5.58. The van der Waals surface area contributed by atoms with Gasteiger partial charge >= 0.3 is 0 Å². The van der Waals surface area contributed by atoms with Crippen LogP contribution >= 0.6 is 0 Å². The second kappa shape index (κ2) is 12.0. The van der Waals surface area contributed by atoms with E-state index in [9.17, 15) is 0 Å². The third kappa shape index (κ3) is 5.58. The predicted octanol–water partition coefficient (Wildman–Crippen LogP) is 4.94. The van der Waals surface area contributed by atoms with E-state index in [2.05, 4.69) is 31.7 Å². The molecule has 80 valence electrons. The minimum atomic E-state index is 1.09. The average molecular weight is 192 g/mol. The maximum atomic E-state index is 3.74. The van der Waals surface area contributed by atoms with Gasteiger partial charge in [-0.3, -0.25) is 0 Å². The van der Waals surface area contributed by atoms with Crippen LogP contribution in [0.4, 0.5) is 0 Å². The lowest BCUT2D eigenvalue weighted by atomic mass is 10.1. The third-order valence-electron chi connectivity index (χ3n) is 1.66. The molecule has 0 saturated heterocycles. The third-order valence-corrected chi connectivity index (χ3v) is 1.66. The molecule has 0 saturated carbocycles. The summed E-state index contributed by atoms with van der Waals surface area (Å²) in [5, 5.41) is 0. The lowest BCUT2D eigenvalue weighted by Gasteiger charge is -1.99. The van der Waals surface area contributed by atoms with Crippen LogP contribution in [0.3, 0.4) is 0 Å². The Morgan fingerprint density at radius 3 is 1.93 bits per heavy atom. The summed E-state index contributed by atoms with van der Waals surface area (Å²) in [6.07, 6.45) is 2.99. The summed E-state index contributed by atoms with van der Waals surface area (Å²) in [7, 11) is 0. The molecule has 0 spiro atoms. The molecule has 0 fully saturated rings. The van der Waals surface area contributed by atoms with Gasteiger partial charge < -0.3 is 0 Å². The largest absolute Gasteiger partial charge is 0.0985 e. The van der Waals surface area contributed by atoms with E-state index in [0.29, 0.717) is 0 Å². The van der Waals surface area contributed by atoms with Gasteiger partial charge in [0.05, 0.1) is 0 Å². The molecular formula is C14H24. The Labute approximate surface area is 89.7 Å². The van der Waals surface area contributed by atoms with Crippen LogP contribution in [0.25, 0.3) is 6.08 Å². The molecule has 0 radical (unpaired) electrons. The summed E-state index contributed by atoms with van der Waals surface area (Å²) in [5.74, 6) is 0. The van der Waals surface area contributed by atoms with E-state index in [1.165, 1.54) is 11.1 Å². The van der Waals surface area contributed by atoms with Crippen LogP contribution in [0.15, 0.2) is 30.8 Å². The first kappa shape index (κ1) is 15.4. The van der Waals surface area contributed by atoms with Gasteiger partial charge in [-0.2, -0.15) is 0 Å². The fourth-order valence-electron chi connectivity index (χ4n) is 1.06. The van der Waals surface area contributed by atoms with Gasteiger partial charge in [0, 0.05) is 0 Å². The molecule has 14 heavy (non-hydrogen) atoms. The topological polar surface area (TPSA) is 0 Å². The van der Waals surface area contributed by atoms with Crippen molar-refractivity contribution in [3.63, 3.8) is 0 Å². The standard InChI is InChI=1S/C10H12.2C2H6/c1-3-9-7-5-6-8-10(9)4-2;2*1-2/h3,5-8H,1,4H2,2H3;2*1-2H3. The van der Waals surface area contributed by atoms with Gasteiger partial charge in [-0.15, -0.1) is 0 Å². The molecule has 0 aromatic heterocycles. The number of rotatable bonds is 2. The average Bonchev–Trinajstić information content (AvgIpc) is 2.34. The van der Waals surface area contributed by atoms with Gasteiger partial charge in [-0.1, -0.05) is 71.5 Å². The molecule has 1 aromatic carbocycles. The van der Waals surface area contributed by atoms with Crippen molar-refractivity contribution in [1.82, 2.24) is 0 Å². The van der Waals surface area contributed by atoms with Gasteiger partial charge in [0.2, 0.25) is 0 Å². The minimum Gasteiger partial charge on any atom is -0.0985 e. The fourth-order valence-corrected chi connectivity index (χ4v) is 1.06. The van der Waals surface area contributed by atoms with Crippen molar-refractivity contribution in [2.75, 3.05) is 0 Å². The zero-order valence-electron chi connectivity index (χ0n) is 10.3. The maximum absolute atomic E-state index is 3.74. The SMILES string of the molecule is C=Cc1ccccc1CC.CC.CC. The number of hydrogen-bond donors (Lipinski definition) is 0. The van der Waals surface area contributed by atoms with Crippen LogP contribution in [-0.4, -0.2) is 0 Å². The molecule has 0 heteroatoms. The monoisotopic (exact) mass is 192 g/mol. The second-order valence-electron chi connectivity index (χ2n) is 2.26. The highest BCUT2D eigenvalue weighted by atomic mass is 14.0. The van der Waals surface area contributed by atoms with Crippen LogP contribution in [0.5, 0.6) is 0 Å². The summed E-state index contributed by atoms with van der Waals surface area (Å²) in [6.45, 7) is 13.9. The number of benzene rings is 1. The highest BCUT2D eigenvalue weighted by molar-refractivity contribution is 5.51. The molecule has 1 aromatic rings. The Balaban J connectivity index is 0. The zero-order valence-corrected chi connectivity index (χ0v) is 10.3. The van der Waals surface area contributed by atoms with Crippen molar-refractivity contribution >= 4 is 6.08 Å². The minimum absolute atomic E-state index is 1.09. The first-order chi connectivity index (χ1) is 6.88. The molecule has 0 aliphatic rings. The van der Waals surface area contributed by atoms with Crippen LogP contribution in [0.2, 0.25) is 0 Å². The lowest BCUT2D eigenvalue weighted by molar-refractivity contribution is 1.13. The number of aryl methyl sites for hydroxylation is 1. The maximum Gasteiger partial charge on any atom is -0.0231 e. The number of hydrogen-bond acceptors (Lipinski definition) is 0. The Hall–Kier alpha value is -1.04. The molecular weight excluding hydrogens is 168 g/mol. The first-order valence-electron chi connectivity index (χ1n) is 5.58. The molecule has 0 heterocycles. The molecule has 0 aliphatic carbocycles. The Bertz CT molecular complexity index is 223.